The van der Waals surface area contributed by atoms with Crippen molar-refractivity contribution in [3.63, 3.8) is 0 Å². The van der Waals surface area contributed by atoms with E-state index in [1.807, 2.05) is 30.7 Å². The van der Waals surface area contributed by atoms with E-state index in [0.29, 0.717) is 50.0 Å². The summed E-state index contributed by atoms with van der Waals surface area (Å²) in [6, 6.07) is 6.05. The predicted molar refractivity (Wildman–Crippen MR) is 346 cm³/mol. The smallest absolute Gasteiger partial charge is 0.422 e. The number of amides is 2. The molecule has 0 bridgehead atoms. The van der Waals surface area contributed by atoms with Crippen LogP contribution in [-0.4, -0.2) is 181 Å². The Bertz CT molecular complexity index is 3820. The highest BCUT2D eigenvalue weighted by atomic mass is 35.7. The van der Waals surface area contributed by atoms with Crippen LogP contribution in [0.15, 0.2) is 55.8 Å². The van der Waals surface area contributed by atoms with E-state index in [1.165, 1.54) is 39.1 Å². The SMILES string of the molecule is CC(C)(C)OC(=O)NS(=O)(=O)Cl.CC[C@@]12CN(c3ncnc4[nH]ccc34)CCC1CCN(S(=O)(=O)NC(=O)OC(C)(C)C)C2.CC[C@@]12CN(c3ncnc4[nH]ccc34)CCC1CCN(S(N)(=O)=O)C2.CC[C@]12CNCC[C@H]1CCN(c1ncnc3[nH]ccc13)C2. The summed E-state index contributed by atoms with van der Waals surface area (Å²) in [5, 5.41) is 12.1. The molecule has 28 nitrogen and oxygen atoms in total. The number of nitrogens with zero attached hydrogens (tertiary/aromatic N) is 11. The molecule has 0 saturated carbocycles. The molecular weight excluding hydrogens is 1240 g/mol. The van der Waals surface area contributed by atoms with E-state index in [0.717, 1.165) is 134 Å². The summed E-state index contributed by atoms with van der Waals surface area (Å²) in [5.74, 6) is 4.69. The van der Waals surface area contributed by atoms with Crippen molar-refractivity contribution in [2.24, 2.45) is 39.1 Å². The van der Waals surface area contributed by atoms with E-state index >= 15 is 0 Å². The lowest BCUT2D eigenvalue weighted by molar-refractivity contribution is 0.0433. The topological polar surface area (TPSA) is 358 Å². The molecule has 6 aliphatic rings. The van der Waals surface area contributed by atoms with Gasteiger partial charge >= 0.3 is 31.6 Å². The second-order valence-electron chi connectivity index (χ2n) is 26.6. The minimum atomic E-state index is -4.05. The standard InChI is InChI=1S/C21H32N6O4S.C16H24N6O2S.C16H23N5.C5H10ClNO4S/c1-5-21-12-26(18-16-6-9-22-17(16)23-14-24-18)10-7-15(21)8-11-27(13-21)32(29,30)25-19(28)31-20(2,3)4;1-2-16-9-21(15-13-3-6-18-14(13)19-11-20-15)7-4-12(16)5-8-22(10-16)25(17,23)24;1-2-16-9-17-6-3-12(16)5-8-21(10-16)15-13-4-7-18-14(13)19-11-20-15;1-5(2,3)11-4(8)7-12(6,9)10/h6,9,14-15H,5,7-8,10-13H2,1-4H3,(H,25,28)(H,22,23,24);3,6,11-12H,2,4-5,7-10H2,1H3,(H2,17,23,24)(H,18,19,20);4,7,11-12,17H,2-3,5-6,8-10H2,1H3,(H,18,19,20);1-3H3,(H,7,8)/t15?,21-;12?,16-;12-,16+;/m000./s1. The van der Waals surface area contributed by atoms with E-state index in [-0.39, 0.29) is 10.8 Å². The van der Waals surface area contributed by atoms with Crippen molar-refractivity contribution >= 4 is 103 Å². The van der Waals surface area contributed by atoms with Crippen molar-refractivity contribution in [1.29, 1.82) is 0 Å². The van der Waals surface area contributed by atoms with Crippen LogP contribution in [0.4, 0.5) is 27.0 Å². The molecule has 6 aromatic heterocycles. The first-order valence-electron chi connectivity index (χ1n) is 30.9. The molecule has 6 atom stereocenters. The number of aromatic amines is 3. The highest BCUT2D eigenvalue weighted by Crippen LogP contribution is 2.48. The molecule has 32 heteroatoms. The van der Waals surface area contributed by atoms with Gasteiger partial charge in [0.1, 0.15) is 64.6 Å². The predicted octanol–water partition coefficient (Wildman–Crippen LogP) is 6.91. The van der Waals surface area contributed by atoms with Crippen LogP contribution in [-0.2, 0) is 39.1 Å². The molecule has 2 unspecified atom stereocenters. The Morgan fingerprint density at radius 3 is 1.31 bits per heavy atom. The molecule has 0 radical (unpaired) electrons. The van der Waals surface area contributed by atoms with Crippen LogP contribution in [0.3, 0.4) is 0 Å². The third-order valence-electron chi connectivity index (χ3n) is 18.9. The minimum Gasteiger partial charge on any atom is -0.443 e. The summed E-state index contributed by atoms with van der Waals surface area (Å²) in [6.45, 7) is 26.1. The number of carbonyl (C=O) groups excluding carboxylic acids is 2. The second kappa shape index (κ2) is 27.2. The molecule has 2 amide bonds. The van der Waals surface area contributed by atoms with Gasteiger partial charge < -0.3 is 44.4 Å². The highest BCUT2D eigenvalue weighted by Gasteiger charge is 2.51. The van der Waals surface area contributed by atoms with E-state index < -0.39 is 53.0 Å². The maximum absolute atomic E-state index is 13.0. The van der Waals surface area contributed by atoms with Gasteiger partial charge in [-0.1, -0.05) is 20.8 Å². The highest BCUT2D eigenvalue weighted by molar-refractivity contribution is 8.12. The van der Waals surface area contributed by atoms with Crippen LogP contribution in [0.1, 0.15) is 120 Å². The number of nitrogens with two attached hydrogens (primary N) is 1. The van der Waals surface area contributed by atoms with E-state index in [1.54, 1.807) is 60.5 Å². The largest absolute Gasteiger partial charge is 0.443 e. The van der Waals surface area contributed by atoms with Crippen molar-refractivity contribution in [3.8, 4) is 0 Å². The molecule has 12 rings (SSSR count). The van der Waals surface area contributed by atoms with Gasteiger partial charge in [-0.2, -0.15) is 33.9 Å². The number of anilines is 3. The number of H-pyrrole nitrogens is 3. The third-order valence-corrected chi connectivity index (χ3v) is 22.0. The molecule has 0 spiro atoms. The van der Waals surface area contributed by atoms with Gasteiger partial charge in [0.25, 0.3) is 10.2 Å². The van der Waals surface area contributed by atoms with Gasteiger partial charge in [-0.05, 0) is 142 Å². The maximum atomic E-state index is 13.0. The quantitative estimate of drug-likeness (QED) is 0.0684. The molecule has 6 aromatic rings. The number of carbonyl (C=O) groups is 2. The van der Waals surface area contributed by atoms with Crippen molar-refractivity contribution in [3.05, 3.63) is 55.8 Å². The average Bonchev–Trinajstić information content (AvgIpc) is 1.56. The average molecular weight is 1330 g/mol. The van der Waals surface area contributed by atoms with Gasteiger partial charge in [-0.25, -0.2) is 54.1 Å². The summed E-state index contributed by atoms with van der Waals surface area (Å²) in [5.41, 5.74) is 1.13. The zero-order chi connectivity index (χ0) is 65.1. The molecule has 12 heterocycles. The Morgan fingerprint density at radius 1 is 0.556 bits per heavy atom. The monoisotopic (exact) mass is 1330 g/mol. The summed E-state index contributed by atoms with van der Waals surface area (Å²) in [7, 11) is -6.98. The number of piperidine rings is 6. The Morgan fingerprint density at radius 2 is 0.922 bits per heavy atom. The van der Waals surface area contributed by atoms with Gasteiger partial charge in [-0.3, -0.25) is 0 Å². The lowest BCUT2D eigenvalue weighted by Gasteiger charge is -2.53. The fourth-order valence-corrected chi connectivity index (χ4v) is 16.7. The molecule has 0 aromatic carbocycles. The third kappa shape index (κ3) is 16.0. The molecule has 0 aliphatic carbocycles. The lowest BCUT2D eigenvalue weighted by atomic mass is 9.66. The summed E-state index contributed by atoms with van der Waals surface area (Å²) in [6.07, 6.45) is 17.7. The molecule has 496 valence electrons. The van der Waals surface area contributed by atoms with Gasteiger partial charge in [0, 0.05) is 118 Å². The van der Waals surface area contributed by atoms with E-state index in [9.17, 15) is 34.8 Å². The molecule has 6 saturated heterocycles. The summed E-state index contributed by atoms with van der Waals surface area (Å²) in [4.78, 5) is 65.7. The Kier molecular flexibility index (Phi) is 20.6. The molecule has 6 fully saturated rings. The maximum Gasteiger partial charge on any atom is 0.422 e. The Balaban J connectivity index is 0.000000149. The van der Waals surface area contributed by atoms with Crippen molar-refractivity contribution in [1.82, 2.24) is 68.2 Å². The first-order chi connectivity index (χ1) is 42.4. The van der Waals surface area contributed by atoms with E-state index in [4.69, 9.17) is 20.6 Å². The van der Waals surface area contributed by atoms with E-state index in [2.05, 4.69) is 101 Å². The normalized spacial score (nSPS) is 25.2. The molecular formula is C58H89ClN18O10S3. The van der Waals surface area contributed by atoms with Crippen molar-refractivity contribution < 1.29 is 44.3 Å². The van der Waals surface area contributed by atoms with Gasteiger partial charge in [0.05, 0.1) is 16.2 Å². The lowest BCUT2D eigenvalue weighted by Crippen LogP contribution is -2.60. The number of hydrogen-bond acceptors (Lipinski definition) is 20. The van der Waals surface area contributed by atoms with Crippen LogP contribution in [0.2, 0.25) is 0 Å². The first-order valence-corrected chi connectivity index (χ1v) is 36.2. The van der Waals surface area contributed by atoms with Gasteiger partial charge in [0.2, 0.25) is 0 Å². The van der Waals surface area contributed by atoms with Crippen LogP contribution in [0.25, 0.3) is 33.1 Å². The summed E-state index contributed by atoms with van der Waals surface area (Å²) >= 11 is 0. The van der Waals surface area contributed by atoms with Gasteiger partial charge in [0.15, 0.2) is 0 Å². The van der Waals surface area contributed by atoms with Crippen LogP contribution in [0, 0.1) is 34.0 Å². The fraction of sp³-hybridized carbons (Fsp3) is 0.655. The first kappa shape index (κ1) is 68.2. The number of halogens is 1. The molecule has 8 N–H and O–H groups in total. The number of rotatable bonds is 10. The Labute approximate surface area is 532 Å². The fourth-order valence-electron chi connectivity index (χ4n) is 14.3. The minimum absolute atomic E-state index is 0.0868. The van der Waals surface area contributed by atoms with Crippen LogP contribution < -0.4 is 34.6 Å². The molecule has 90 heavy (non-hydrogen) atoms. The van der Waals surface area contributed by atoms with Crippen LogP contribution >= 0.6 is 10.7 Å². The molecule has 6 aliphatic heterocycles. The van der Waals surface area contributed by atoms with Gasteiger partial charge in [-0.15, -0.1) is 0 Å². The summed E-state index contributed by atoms with van der Waals surface area (Å²) < 4.78 is 86.4. The van der Waals surface area contributed by atoms with Crippen molar-refractivity contribution in [2.45, 2.75) is 131 Å². The zero-order valence-corrected chi connectivity index (χ0v) is 56.2. The number of fused-ring (bicyclic) bond motifs is 6. The van der Waals surface area contributed by atoms with Crippen LogP contribution in [0.5, 0.6) is 0 Å². The number of nitrogens with one attached hydrogen (secondary N) is 6. The number of hydrogen-bond donors (Lipinski definition) is 7. The number of ether oxygens (including phenoxy) is 2. The second-order valence-corrected chi connectivity index (χ2v) is 32.1. The number of aromatic nitrogens is 9. The Hall–Kier alpha value is -6.22. The zero-order valence-electron chi connectivity index (χ0n) is 53.0. The van der Waals surface area contributed by atoms with Crippen molar-refractivity contribution in [2.75, 3.05) is 93.2 Å².